The molecular formula is C16H19N5O2. The molecule has 1 N–H and O–H groups in total. The Bertz CT molecular complexity index is 711. The molecule has 2 fully saturated rings. The highest BCUT2D eigenvalue weighted by Crippen LogP contribution is 2.39. The van der Waals surface area contributed by atoms with E-state index in [2.05, 4.69) is 20.5 Å². The summed E-state index contributed by atoms with van der Waals surface area (Å²) in [5.74, 6) is 1.09. The molecule has 0 bridgehead atoms. The number of aryl methyl sites for hydroxylation is 1. The first-order chi connectivity index (χ1) is 11.2. The molecule has 1 saturated heterocycles. The van der Waals surface area contributed by atoms with E-state index in [0.717, 1.165) is 24.2 Å². The molecule has 1 amide bonds. The smallest absolute Gasteiger partial charge is 0.232 e. The summed E-state index contributed by atoms with van der Waals surface area (Å²) in [6, 6.07) is 4.23. The van der Waals surface area contributed by atoms with Gasteiger partial charge in [-0.05, 0) is 37.8 Å². The summed E-state index contributed by atoms with van der Waals surface area (Å²) in [5, 5.41) is 11.2. The fraction of sp³-hybridized carbons (Fsp3) is 0.500. The van der Waals surface area contributed by atoms with Crippen molar-refractivity contribution in [3.63, 3.8) is 0 Å². The van der Waals surface area contributed by atoms with Crippen molar-refractivity contribution in [1.82, 2.24) is 19.7 Å². The molecule has 7 heteroatoms. The second kappa shape index (κ2) is 5.73. The molecule has 1 aliphatic carbocycles. The van der Waals surface area contributed by atoms with Gasteiger partial charge in [-0.25, -0.2) is 0 Å². The van der Waals surface area contributed by atoms with E-state index in [4.69, 9.17) is 4.74 Å². The zero-order chi connectivity index (χ0) is 15.8. The van der Waals surface area contributed by atoms with E-state index in [1.807, 2.05) is 23.6 Å². The molecule has 0 aromatic carbocycles. The van der Waals surface area contributed by atoms with Crippen molar-refractivity contribution in [2.75, 3.05) is 11.9 Å². The van der Waals surface area contributed by atoms with Crippen LogP contribution in [0.2, 0.25) is 0 Å². The van der Waals surface area contributed by atoms with E-state index in [1.165, 1.54) is 0 Å². The number of ether oxygens (including phenoxy) is 1. The Balaban J connectivity index is 1.52. The first kappa shape index (κ1) is 14.3. The Hall–Kier alpha value is -2.28. The van der Waals surface area contributed by atoms with E-state index < -0.39 is 0 Å². The quantitative estimate of drug-likeness (QED) is 0.934. The summed E-state index contributed by atoms with van der Waals surface area (Å²) in [6.45, 7) is 2.49. The van der Waals surface area contributed by atoms with Gasteiger partial charge in [0.05, 0.1) is 12.0 Å². The Labute approximate surface area is 134 Å². The van der Waals surface area contributed by atoms with Gasteiger partial charge in [0.2, 0.25) is 11.9 Å². The van der Waals surface area contributed by atoms with Gasteiger partial charge in [0, 0.05) is 25.0 Å². The van der Waals surface area contributed by atoms with E-state index in [-0.39, 0.29) is 17.9 Å². The molecular weight excluding hydrogens is 294 g/mol. The summed E-state index contributed by atoms with van der Waals surface area (Å²) >= 11 is 0. The van der Waals surface area contributed by atoms with Crippen molar-refractivity contribution >= 4 is 11.9 Å². The topological polar surface area (TPSA) is 81.9 Å². The lowest BCUT2D eigenvalue weighted by Gasteiger charge is -2.18. The van der Waals surface area contributed by atoms with Crippen LogP contribution < -0.4 is 5.32 Å². The summed E-state index contributed by atoms with van der Waals surface area (Å²) in [4.78, 5) is 16.8. The van der Waals surface area contributed by atoms with Gasteiger partial charge in [-0.15, -0.1) is 10.2 Å². The number of amides is 1. The number of carbonyl (C=O) groups excluding carboxylic acids is 1. The van der Waals surface area contributed by atoms with Gasteiger partial charge in [0.25, 0.3) is 0 Å². The van der Waals surface area contributed by atoms with Crippen LogP contribution in [-0.4, -0.2) is 32.3 Å². The molecule has 0 unspecified atom stereocenters. The zero-order valence-corrected chi connectivity index (χ0v) is 13.0. The molecule has 7 nitrogen and oxygen atoms in total. The lowest BCUT2D eigenvalue weighted by atomic mass is 9.95. The number of hydrogen-bond acceptors (Lipinski definition) is 5. The number of aromatic nitrogens is 4. The Morgan fingerprint density at radius 3 is 2.96 bits per heavy atom. The molecule has 23 heavy (non-hydrogen) atoms. The maximum atomic E-state index is 12.7. The number of nitrogens with zero attached hydrogens (tertiary/aromatic N) is 4. The maximum Gasteiger partial charge on any atom is 0.232 e. The average Bonchev–Trinajstić information content (AvgIpc) is 3.15. The van der Waals surface area contributed by atoms with E-state index in [1.54, 1.807) is 12.4 Å². The van der Waals surface area contributed by atoms with Crippen LogP contribution in [0.5, 0.6) is 0 Å². The lowest BCUT2D eigenvalue weighted by molar-refractivity contribution is -0.121. The highest BCUT2D eigenvalue weighted by Gasteiger charge is 2.37. The summed E-state index contributed by atoms with van der Waals surface area (Å²) in [5.41, 5.74) is 0.935. The van der Waals surface area contributed by atoms with Crippen LogP contribution in [0.15, 0.2) is 24.5 Å². The summed E-state index contributed by atoms with van der Waals surface area (Å²) < 4.78 is 7.78. The van der Waals surface area contributed by atoms with Crippen molar-refractivity contribution < 1.29 is 9.53 Å². The molecule has 4 rings (SSSR count). The molecule has 120 valence electrons. The van der Waals surface area contributed by atoms with Crippen molar-refractivity contribution in [2.24, 2.45) is 5.92 Å². The molecule has 2 aromatic heterocycles. The van der Waals surface area contributed by atoms with Crippen LogP contribution in [0.3, 0.4) is 0 Å². The van der Waals surface area contributed by atoms with Crippen LogP contribution >= 0.6 is 0 Å². The van der Waals surface area contributed by atoms with Crippen molar-refractivity contribution in [1.29, 1.82) is 0 Å². The SMILES string of the molecule is Cc1nnc(NC(=O)[C@H]2CCO[C@@H]2c2cccnc2)n1C1CC1. The second-order valence-electron chi connectivity index (χ2n) is 6.13. The molecule has 0 spiro atoms. The predicted molar refractivity (Wildman–Crippen MR) is 82.7 cm³/mol. The monoisotopic (exact) mass is 313 g/mol. The first-order valence-electron chi connectivity index (χ1n) is 7.98. The van der Waals surface area contributed by atoms with Gasteiger partial charge in [0.1, 0.15) is 5.82 Å². The second-order valence-corrected chi connectivity index (χ2v) is 6.13. The number of carbonyl (C=O) groups is 1. The van der Waals surface area contributed by atoms with E-state index >= 15 is 0 Å². The Kier molecular flexibility index (Phi) is 3.57. The van der Waals surface area contributed by atoms with Crippen molar-refractivity contribution in [3.8, 4) is 0 Å². The van der Waals surface area contributed by atoms with Gasteiger partial charge in [-0.3, -0.25) is 19.7 Å². The van der Waals surface area contributed by atoms with Crippen LogP contribution in [-0.2, 0) is 9.53 Å². The van der Waals surface area contributed by atoms with Gasteiger partial charge < -0.3 is 4.74 Å². The average molecular weight is 313 g/mol. The molecule has 2 aliphatic rings. The largest absolute Gasteiger partial charge is 0.373 e. The van der Waals surface area contributed by atoms with Crippen LogP contribution in [0.25, 0.3) is 0 Å². The van der Waals surface area contributed by atoms with Crippen molar-refractivity contribution in [2.45, 2.75) is 38.3 Å². The minimum absolute atomic E-state index is 0.0642. The normalized spacial score (nSPS) is 23.9. The maximum absolute atomic E-state index is 12.7. The Morgan fingerprint density at radius 2 is 2.22 bits per heavy atom. The molecule has 3 heterocycles. The zero-order valence-electron chi connectivity index (χ0n) is 13.0. The Morgan fingerprint density at radius 1 is 1.35 bits per heavy atom. The van der Waals surface area contributed by atoms with Gasteiger partial charge in [0.15, 0.2) is 0 Å². The minimum Gasteiger partial charge on any atom is -0.373 e. The first-order valence-corrected chi connectivity index (χ1v) is 7.98. The number of anilines is 1. The van der Waals surface area contributed by atoms with E-state index in [9.17, 15) is 4.79 Å². The third-order valence-corrected chi connectivity index (χ3v) is 4.45. The third-order valence-electron chi connectivity index (χ3n) is 4.45. The molecule has 0 radical (unpaired) electrons. The van der Waals surface area contributed by atoms with E-state index in [0.29, 0.717) is 25.0 Å². The summed E-state index contributed by atoms with van der Waals surface area (Å²) in [6.07, 6.45) is 6.16. The standard InChI is InChI=1S/C16H19N5O2/c1-10-19-20-16(21(10)12-4-5-12)18-15(22)13-6-8-23-14(13)11-3-2-7-17-9-11/h2-3,7,9,12-14H,4-6,8H2,1H3,(H,18,20,22)/t13-,14+/m0/s1. The number of nitrogens with one attached hydrogen (secondary N) is 1. The highest BCUT2D eigenvalue weighted by molar-refractivity contribution is 5.91. The number of hydrogen-bond donors (Lipinski definition) is 1. The summed E-state index contributed by atoms with van der Waals surface area (Å²) in [7, 11) is 0. The lowest BCUT2D eigenvalue weighted by Crippen LogP contribution is -2.27. The fourth-order valence-corrected chi connectivity index (χ4v) is 3.16. The molecule has 1 aliphatic heterocycles. The molecule has 2 atom stereocenters. The number of rotatable bonds is 4. The van der Waals surface area contributed by atoms with Gasteiger partial charge >= 0.3 is 0 Å². The fourth-order valence-electron chi connectivity index (χ4n) is 3.16. The predicted octanol–water partition coefficient (Wildman–Crippen LogP) is 2.03. The van der Waals surface area contributed by atoms with Crippen molar-refractivity contribution in [3.05, 3.63) is 35.9 Å². The highest BCUT2D eigenvalue weighted by atomic mass is 16.5. The van der Waals surface area contributed by atoms with Gasteiger partial charge in [-0.1, -0.05) is 6.07 Å². The molecule has 2 aromatic rings. The third kappa shape index (κ3) is 2.72. The van der Waals surface area contributed by atoms with Crippen LogP contribution in [0.4, 0.5) is 5.95 Å². The van der Waals surface area contributed by atoms with Crippen LogP contribution in [0.1, 0.15) is 42.8 Å². The molecule has 1 saturated carbocycles. The van der Waals surface area contributed by atoms with Crippen LogP contribution in [0, 0.1) is 12.8 Å². The number of pyridine rings is 1. The minimum atomic E-state index is -0.248. The van der Waals surface area contributed by atoms with Gasteiger partial charge in [-0.2, -0.15) is 0 Å².